The molecule has 1 aromatic heterocycles. The fraction of sp³-hybridized carbons (Fsp3) is 0.242. The third-order valence-corrected chi connectivity index (χ3v) is 8.66. The predicted molar refractivity (Wildman–Crippen MR) is 162 cm³/mol. The van der Waals surface area contributed by atoms with E-state index in [0.29, 0.717) is 0 Å². The van der Waals surface area contributed by atoms with Gasteiger partial charge in [-0.15, -0.1) is 28.3 Å². The number of thiazole rings is 1. The van der Waals surface area contributed by atoms with Gasteiger partial charge in [0.1, 0.15) is 0 Å². The van der Waals surface area contributed by atoms with Crippen molar-refractivity contribution < 1.29 is 0 Å². The van der Waals surface area contributed by atoms with Crippen LogP contribution in [0.1, 0.15) is 41.6 Å². The Morgan fingerprint density at radius 2 is 1.38 bits per heavy atom. The maximum absolute atomic E-state index is 5.13. The Morgan fingerprint density at radius 3 is 2.05 bits per heavy atom. The Labute approximate surface area is 234 Å². The van der Waals surface area contributed by atoms with Crippen LogP contribution in [-0.4, -0.2) is 11.1 Å². The molecule has 0 radical (unpaired) electrons. The van der Waals surface area contributed by atoms with Crippen molar-refractivity contribution in [3.63, 3.8) is 0 Å². The molecule has 6 rings (SSSR count). The maximum atomic E-state index is 5.13. The SMILES string of the molecule is Br.c1ccc(CCN=c2scc(C3(c4ccc5ccccc5c4)CCC3)n2CCc2ccccc2)cc1. The van der Waals surface area contributed by atoms with Crippen LogP contribution in [0.3, 0.4) is 0 Å². The van der Waals surface area contributed by atoms with Crippen molar-refractivity contribution in [2.75, 3.05) is 6.54 Å². The molecule has 1 aliphatic rings. The van der Waals surface area contributed by atoms with Gasteiger partial charge >= 0.3 is 0 Å². The van der Waals surface area contributed by atoms with Gasteiger partial charge in [-0.3, -0.25) is 4.99 Å². The molecule has 1 fully saturated rings. The molecule has 1 saturated carbocycles. The molecule has 0 aliphatic heterocycles. The zero-order valence-corrected chi connectivity index (χ0v) is 23.6. The molecule has 0 atom stereocenters. The summed E-state index contributed by atoms with van der Waals surface area (Å²) in [7, 11) is 0. The standard InChI is InChI=1S/C33H32N2S.BrH/c1-3-10-26(11-4-1)18-22-34-32-35(23-19-27-12-5-2-6-13-27)31(25-36-32)33(20-9-21-33)30-17-16-28-14-7-8-15-29(28)24-30;/h1-8,10-17,24-25H,9,18-23H2;1H. The van der Waals surface area contributed by atoms with Crippen molar-refractivity contribution >= 4 is 39.1 Å². The number of halogens is 1. The Bertz CT molecular complexity index is 1510. The summed E-state index contributed by atoms with van der Waals surface area (Å²) in [5.41, 5.74) is 5.72. The summed E-state index contributed by atoms with van der Waals surface area (Å²) in [6, 6.07) is 37.4. The van der Waals surface area contributed by atoms with E-state index in [1.165, 1.54) is 52.4 Å². The summed E-state index contributed by atoms with van der Waals surface area (Å²) in [6.45, 7) is 1.78. The van der Waals surface area contributed by atoms with Gasteiger partial charge in [0.25, 0.3) is 0 Å². The zero-order valence-electron chi connectivity index (χ0n) is 21.1. The first kappa shape index (κ1) is 25.7. The first-order valence-electron chi connectivity index (χ1n) is 13.1. The largest absolute Gasteiger partial charge is 0.320 e. The van der Waals surface area contributed by atoms with E-state index in [2.05, 4.69) is 113 Å². The monoisotopic (exact) mass is 568 g/mol. The second kappa shape index (κ2) is 11.6. The summed E-state index contributed by atoms with van der Waals surface area (Å²) >= 11 is 1.82. The molecule has 0 bridgehead atoms. The lowest BCUT2D eigenvalue weighted by Gasteiger charge is -2.43. The highest BCUT2D eigenvalue weighted by Crippen LogP contribution is 2.49. The predicted octanol–water partition coefficient (Wildman–Crippen LogP) is 8.14. The Balaban J connectivity index is 0.00000280. The minimum Gasteiger partial charge on any atom is -0.320 e. The molecule has 37 heavy (non-hydrogen) atoms. The highest BCUT2D eigenvalue weighted by atomic mass is 79.9. The molecular weight excluding hydrogens is 536 g/mol. The van der Waals surface area contributed by atoms with Gasteiger partial charge in [-0.05, 0) is 53.1 Å². The van der Waals surface area contributed by atoms with Crippen molar-refractivity contribution in [2.24, 2.45) is 4.99 Å². The van der Waals surface area contributed by atoms with Crippen LogP contribution in [0.2, 0.25) is 0 Å². The van der Waals surface area contributed by atoms with E-state index in [-0.39, 0.29) is 22.4 Å². The van der Waals surface area contributed by atoms with Crippen molar-refractivity contribution in [3.8, 4) is 0 Å². The van der Waals surface area contributed by atoms with Crippen LogP contribution in [0.15, 0.2) is 114 Å². The smallest absolute Gasteiger partial charge is 0.184 e. The van der Waals surface area contributed by atoms with E-state index in [1.54, 1.807) is 0 Å². The van der Waals surface area contributed by atoms with E-state index in [4.69, 9.17) is 4.99 Å². The van der Waals surface area contributed by atoms with Crippen molar-refractivity contribution in [1.29, 1.82) is 0 Å². The molecule has 5 aromatic rings. The number of fused-ring (bicyclic) bond motifs is 1. The Hall–Kier alpha value is -2.95. The maximum Gasteiger partial charge on any atom is 0.184 e. The number of aromatic nitrogens is 1. The second-order valence-electron chi connectivity index (χ2n) is 9.91. The molecule has 4 aromatic carbocycles. The molecule has 0 N–H and O–H groups in total. The van der Waals surface area contributed by atoms with E-state index in [0.717, 1.165) is 30.7 Å². The van der Waals surface area contributed by atoms with Crippen molar-refractivity contribution in [3.05, 3.63) is 136 Å². The van der Waals surface area contributed by atoms with E-state index in [1.807, 2.05) is 11.3 Å². The number of rotatable bonds is 8. The van der Waals surface area contributed by atoms with Crippen LogP contribution in [-0.2, 0) is 24.8 Å². The van der Waals surface area contributed by atoms with Gasteiger partial charge in [-0.2, -0.15) is 0 Å². The Kier molecular flexibility index (Phi) is 8.07. The zero-order chi connectivity index (χ0) is 24.2. The lowest BCUT2D eigenvalue weighted by atomic mass is 9.62. The third-order valence-electron chi connectivity index (χ3n) is 7.75. The summed E-state index contributed by atoms with van der Waals surface area (Å²) < 4.78 is 2.54. The van der Waals surface area contributed by atoms with Crippen LogP contribution in [0.4, 0.5) is 0 Å². The molecule has 0 spiro atoms. The van der Waals surface area contributed by atoms with Crippen LogP contribution >= 0.6 is 28.3 Å². The van der Waals surface area contributed by atoms with Crippen molar-refractivity contribution in [1.82, 2.24) is 4.57 Å². The normalized spacial score (nSPS) is 14.8. The van der Waals surface area contributed by atoms with Crippen LogP contribution < -0.4 is 4.80 Å². The van der Waals surface area contributed by atoms with E-state index >= 15 is 0 Å². The molecule has 0 amide bonds. The molecule has 188 valence electrons. The summed E-state index contributed by atoms with van der Waals surface area (Å²) in [4.78, 5) is 6.29. The van der Waals surface area contributed by atoms with Crippen LogP contribution in [0.25, 0.3) is 10.8 Å². The molecule has 4 heteroatoms. The van der Waals surface area contributed by atoms with E-state index in [9.17, 15) is 0 Å². The summed E-state index contributed by atoms with van der Waals surface area (Å²) in [5.74, 6) is 0. The van der Waals surface area contributed by atoms with Crippen LogP contribution in [0, 0.1) is 0 Å². The first-order valence-corrected chi connectivity index (χ1v) is 14.0. The van der Waals surface area contributed by atoms with Gasteiger partial charge < -0.3 is 4.57 Å². The number of hydrogen-bond donors (Lipinski definition) is 0. The summed E-state index contributed by atoms with van der Waals surface area (Å²) in [5, 5.41) is 5.05. The average Bonchev–Trinajstić information content (AvgIpc) is 3.30. The van der Waals surface area contributed by atoms with Gasteiger partial charge in [-0.25, -0.2) is 0 Å². The van der Waals surface area contributed by atoms with Gasteiger partial charge in [0.15, 0.2) is 4.80 Å². The minimum atomic E-state index is 0. The minimum absolute atomic E-state index is 0. The lowest BCUT2D eigenvalue weighted by Crippen LogP contribution is -2.39. The molecule has 0 unspecified atom stereocenters. The third kappa shape index (κ3) is 5.37. The highest BCUT2D eigenvalue weighted by molar-refractivity contribution is 8.93. The summed E-state index contributed by atoms with van der Waals surface area (Å²) in [6.07, 6.45) is 5.68. The first-order chi connectivity index (χ1) is 17.8. The van der Waals surface area contributed by atoms with Gasteiger partial charge in [0.05, 0.1) is 0 Å². The number of benzene rings is 4. The highest BCUT2D eigenvalue weighted by Gasteiger charge is 2.43. The number of hydrogen-bond acceptors (Lipinski definition) is 2. The van der Waals surface area contributed by atoms with Gasteiger partial charge in [0, 0.05) is 29.6 Å². The van der Waals surface area contributed by atoms with Crippen LogP contribution in [0.5, 0.6) is 0 Å². The molecular formula is C33H33BrN2S. The molecule has 2 nitrogen and oxygen atoms in total. The van der Waals surface area contributed by atoms with Gasteiger partial charge in [0.2, 0.25) is 0 Å². The Morgan fingerprint density at radius 1 is 0.730 bits per heavy atom. The number of nitrogens with zero attached hydrogens (tertiary/aromatic N) is 2. The molecule has 1 heterocycles. The average molecular weight is 570 g/mol. The number of aryl methyl sites for hydroxylation is 1. The van der Waals surface area contributed by atoms with Crippen molar-refractivity contribution in [2.45, 2.75) is 44.1 Å². The van der Waals surface area contributed by atoms with Gasteiger partial charge in [-0.1, -0.05) is 110 Å². The van der Waals surface area contributed by atoms with E-state index < -0.39 is 0 Å². The molecule has 1 aliphatic carbocycles. The second-order valence-corrected chi connectivity index (χ2v) is 10.7. The quantitative estimate of drug-likeness (QED) is 0.180. The topological polar surface area (TPSA) is 17.3 Å². The fourth-order valence-corrected chi connectivity index (χ4v) is 6.62. The lowest BCUT2D eigenvalue weighted by molar-refractivity contribution is 0.282. The molecule has 0 saturated heterocycles. The fourth-order valence-electron chi connectivity index (χ4n) is 5.57.